The van der Waals surface area contributed by atoms with Crippen molar-refractivity contribution in [3.05, 3.63) is 35.9 Å². The Labute approximate surface area is 165 Å². The summed E-state index contributed by atoms with van der Waals surface area (Å²) in [5.41, 5.74) is 1.18. The third-order valence-electron chi connectivity index (χ3n) is 4.41. The van der Waals surface area contributed by atoms with E-state index in [0.717, 1.165) is 32.3 Å². The van der Waals surface area contributed by atoms with Gasteiger partial charge >= 0.3 is 5.97 Å². The first-order valence-corrected chi connectivity index (χ1v) is 10.7. The molecule has 154 valence electrons. The summed E-state index contributed by atoms with van der Waals surface area (Å²) in [5, 5.41) is 0. The monoisotopic (exact) mass is 378 g/mol. The van der Waals surface area contributed by atoms with Crippen LogP contribution in [0.1, 0.15) is 76.7 Å². The van der Waals surface area contributed by atoms with Crippen LogP contribution in [0.3, 0.4) is 0 Å². The molecule has 4 nitrogen and oxygen atoms in total. The smallest absolute Gasteiger partial charge is 0.305 e. The van der Waals surface area contributed by atoms with Gasteiger partial charge in [0.2, 0.25) is 0 Å². The van der Waals surface area contributed by atoms with Crippen molar-refractivity contribution in [1.82, 2.24) is 0 Å². The van der Waals surface area contributed by atoms with Crippen molar-refractivity contribution >= 4 is 5.97 Å². The van der Waals surface area contributed by atoms with Gasteiger partial charge < -0.3 is 14.2 Å². The fraction of sp³-hybridized carbons (Fsp3) is 0.696. The lowest BCUT2D eigenvalue weighted by atomic mass is 10.1. The van der Waals surface area contributed by atoms with E-state index in [0.29, 0.717) is 32.8 Å². The molecule has 0 spiro atoms. The minimum absolute atomic E-state index is 0.0567. The number of unbranched alkanes of at least 4 members (excludes halogenated alkanes) is 7. The zero-order chi connectivity index (χ0) is 19.4. The summed E-state index contributed by atoms with van der Waals surface area (Å²) < 4.78 is 16.4. The van der Waals surface area contributed by atoms with Crippen molar-refractivity contribution in [2.45, 2.75) is 77.7 Å². The molecule has 0 saturated carbocycles. The Balaban J connectivity index is 1.77. The largest absolute Gasteiger partial charge is 0.466 e. The van der Waals surface area contributed by atoms with Gasteiger partial charge in [0.1, 0.15) is 0 Å². The third-order valence-corrected chi connectivity index (χ3v) is 4.41. The first-order valence-electron chi connectivity index (χ1n) is 10.7. The Morgan fingerprint density at radius 1 is 0.741 bits per heavy atom. The topological polar surface area (TPSA) is 44.8 Å². The molecular formula is C23H38O4. The molecule has 1 aromatic carbocycles. The van der Waals surface area contributed by atoms with Crippen molar-refractivity contribution in [2.24, 2.45) is 0 Å². The lowest BCUT2D eigenvalue weighted by molar-refractivity contribution is -0.143. The van der Waals surface area contributed by atoms with Crippen LogP contribution < -0.4 is 0 Å². The zero-order valence-corrected chi connectivity index (χ0v) is 17.1. The number of hydrogen-bond acceptors (Lipinski definition) is 4. The molecule has 0 fully saturated rings. The van der Waals surface area contributed by atoms with Crippen LogP contribution in [-0.4, -0.2) is 32.4 Å². The molecule has 0 heterocycles. The van der Waals surface area contributed by atoms with E-state index in [1.807, 2.05) is 18.2 Å². The Hall–Kier alpha value is -1.39. The SMILES string of the molecule is CCCCCCCCOC(=O)CCCCCOCCOCc1ccccc1. The van der Waals surface area contributed by atoms with Crippen LogP contribution in [0.25, 0.3) is 0 Å². The van der Waals surface area contributed by atoms with E-state index in [9.17, 15) is 4.79 Å². The van der Waals surface area contributed by atoms with Crippen LogP contribution in [0.5, 0.6) is 0 Å². The predicted octanol–water partition coefficient (Wildman–Crippen LogP) is 5.68. The summed E-state index contributed by atoms with van der Waals surface area (Å²) in [6.45, 7) is 5.38. The predicted molar refractivity (Wildman–Crippen MR) is 110 cm³/mol. The molecular weight excluding hydrogens is 340 g/mol. The van der Waals surface area contributed by atoms with E-state index in [4.69, 9.17) is 14.2 Å². The maximum absolute atomic E-state index is 11.6. The summed E-state index contributed by atoms with van der Waals surface area (Å²) >= 11 is 0. The Morgan fingerprint density at radius 3 is 2.22 bits per heavy atom. The number of hydrogen-bond donors (Lipinski definition) is 0. The fourth-order valence-electron chi connectivity index (χ4n) is 2.77. The number of esters is 1. The molecule has 0 bridgehead atoms. The highest BCUT2D eigenvalue weighted by molar-refractivity contribution is 5.69. The Kier molecular flexibility index (Phi) is 15.8. The summed E-state index contributed by atoms with van der Waals surface area (Å²) in [7, 11) is 0. The van der Waals surface area contributed by atoms with E-state index < -0.39 is 0 Å². The van der Waals surface area contributed by atoms with Gasteiger partial charge in [-0.05, 0) is 24.8 Å². The van der Waals surface area contributed by atoms with Gasteiger partial charge in [-0.1, -0.05) is 75.8 Å². The van der Waals surface area contributed by atoms with E-state index in [1.54, 1.807) is 0 Å². The van der Waals surface area contributed by atoms with Crippen molar-refractivity contribution in [3.8, 4) is 0 Å². The zero-order valence-electron chi connectivity index (χ0n) is 17.1. The molecule has 0 unspecified atom stereocenters. The molecule has 4 heteroatoms. The highest BCUT2D eigenvalue weighted by Crippen LogP contribution is 2.06. The molecule has 1 rings (SSSR count). The Morgan fingerprint density at radius 2 is 1.41 bits per heavy atom. The third kappa shape index (κ3) is 15.4. The number of carbonyl (C=O) groups is 1. The van der Waals surface area contributed by atoms with Crippen LogP contribution in [0.4, 0.5) is 0 Å². The maximum Gasteiger partial charge on any atom is 0.305 e. The second-order valence-electron chi connectivity index (χ2n) is 6.95. The summed E-state index contributed by atoms with van der Waals surface area (Å²) in [6.07, 6.45) is 10.7. The molecule has 0 aromatic heterocycles. The van der Waals surface area contributed by atoms with Crippen LogP contribution in [0.2, 0.25) is 0 Å². The fourth-order valence-corrected chi connectivity index (χ4v) is 2.77. The second-order valence-corrected chi connectivity index (χ2v) is 6.95. The van der Waals surface area contributed by atoms with Gasteiger partial charge in [0.15, 0.2) is 0 Å². The summed E-state index contributed by atoms with van der Waals surface area (Å²) in [4.78, 5) is 11.6. The number of carbonyl (C=O) groups excluding carboxylic acids is 1. The molecule has 0 atom stereocenters. The van der Waals surface area contributed by atoms with Gasteiger partial charge in [-0.25, -0.2) is 0 Å². The van der Waals surface area contributed by atoms with Gasteiger partial charge in [0.25, 0.3) is 0 Å². The highest BCUT2D eigenvalue weighted by atomic mass is 16.5. The van der Waals surface area contributed by atoms with Crippen LogP contribution in [-0.2, 0) is 25.6 Å². The molecule has 0 saturated heterocycles. The van der Waals surface area contributed by atoms with Gasteiger partial charge in [0.05, 0.1) is 26.4 Å². The van der Waals surface area contributed by atoms with Crippen molar-refractivity contribution in [3.63, 3.8) is 0 Å². The summed E-state index contributed by atoms with van der Waals surface area (Å²) in [6, 6.07) is 10.1. The standard InChI is InChI=1S/C23H38O4/c1-2-3-4-5-6-13-18-27-23(24)16-11-8-12-17-25-19-20-26-21-22-14-9-7-10-15-22/h7,9-10,14-15H,2-6,8,11-13,16-21H2,1H3. The average molecular weight is 379 g/mol. The van der Waals surface area contributed by atoms with Crippen molar-refractivity contribution in [1.29, 1.82) is 0 Å². The summed E-state index contributed by atoms with van der Waals surface area (Å²) in [5.74, 6) is -0.0567. The number of ether oxygens (including phenoxy) is 3. The van der Waals surface area contributed by atoms with Crippen molar-refractivity contribution in [2.75, 3.05) is 26.4 Å². The molecule has 1 aromatic rings. The first kappa shape index (κ1) is 23.6. The second kappa shape index (κ2) is 18.0. The van der Waals surface area contributed by atoms with Gasteiger partial charge in [-0.15, -0.1) is 0 Å². The van der Waals surface area contributed by atoms with Gasteiger partial charge in [0, 0.05) is 13.0 Å². The van der Waals surface area contributed by atoms with E-state index >= 15 is 0 Å². The lowest BCUT2D eigenvalue weighted by Gasteiger charge is -2.07. The highest BCUT2D eigenvalue weighted by Gasteiger charge is 2.02. The molecule has 0 aliphatic carbocycles. The number of benzene rings is 1. The quantitative estimate of drug-likeness (QED) is 0.243. The van der Waals surface area contributed by atoms with Crippen LogP contribution in [0.15, 0.2) is 30.3 Å². The van der Waals surface area contributed by atoms with Gasteiger partial charge in [-0.2, -0.15) is 0 Å². The molecule has 0 aliphatic rings. The molecule has 0 radical (unpaired) electrons. The minimum Gasteiger partial charge on any atom is -0.466 e. The molecule has 0 N–H and O–H groups in total. The van der Waals surface area contributed by atoms with E-state index in [1.165, 1.54) is 37.7 Å². The van der Waals surface area contributed by atoms with E-state index in [2.05, 4.69) is 19.1 Å². The minimum atomic E-state index is -0.0567. The van der Waals surface area contributed by atoms with Gasteiger partial charge in [-0.3, -0.25) is 4.79 Å². The van der Waals surface area contributed by atoms with Crippen LogP contribution >= 0.6 is 0 Å². The molecule has 27 heavy (non-hydrogen) atoms. The maximum atomic E-state index is 11.6. The molecule has 0 aliphatic heterocycles. The average Bonchev–Trinajstić information content (AvgIpc) is 2.69. The normalized spacial score (nSPS) is 10.9. The van der Waals surface area contributed by atoms with Crippen LogP contribution in [0, 0.1) is 0 Å². The number of rotatable bonds is 18. The lowest BCUT2D eigenvalue weighted by Crippen LogP contribution is -2.07. The van der Waals surface area contributed by atoms with Crippen molar-refractivity contribution < 1.29 is 19.0 Å². The molecule has 0 amide bonds. The first-order chi connectivity index (χ1) is 13.3. The Bertz CT molecular complexity index is 447. The van der Waals surface area contributed by atoms with E-state index in [-0.39, 0.29) is 5.97 Å².